The maximum atomic E-state index is 6.86. The van der Waals surface area contributed by atoms with E-state index in [9.17, 15) is 0 Å². The Kier molecular flexibility index (Phi) is 14.7. The highest BCUT2D eigenvalue weighted by Crippen LogP contribution is 2.43. The molecule has 2 aliphatic heterocycles. The predicted octanol–water partition coefficient (Wildman–Crippen LogP) is 10.1. The first-order valence-corrected chi connectivity index (χ1v) is 21.6. The van der Waals surface area contributed by atoms with Gasteiger partial charge in [0.25, 0.3) is 0 Å². The molecule has 2 saturated heterocycles. The highest BCUT2D eigenvalue weighted by molar-refractivity contribution is 14.1. The molecule has 3 rings (SSSR count). The molecule has 0 spiro atoms. The topological polar surface area (TPSA) is 49.5 Å². The summed E-state index contributed by atoms with van der Waals surface area (Å²) in [5.74, 6) is 0.734. The molecule has 2 fully saturated rings. The van der Waals surface area contributed by atoms with Gasteiger partial charge in [-0.15, -0.1) is 0 Å². The minimum atomic E-state index is -1.80. The van der Waals surface area contributed by atoms with Crippen LogP contribution >= 0.6 is 22.6 Å². The molecular formula is C37H65IO5Si. The van der Waals surface area contributed by atoms with Crippen LogP contribution in [-0.4, -0.2) is 61.1 Å². The second kappa shape index (κ2) is 16.9. The van der Waals surface area contributed by atoms with Crippen LogP contribution in [0.2, 0.25) is 18.1 Å². The highest BCUT2D eigenvalue weighted by Gasteiger charge is 2.50. The molecule has 0 unspecified atom stereocenters. The monoisotopic (exact) mass is 744 g/mol. The first kappa shape index (κ1) is 38.4. The van der Waals surface area contributed by atoms with E-state index in [0.29, 0.717) is 53.4 Å². The number of benzene rings is 1. The van der Waals surface area contributed by atoms with Crippen LogP contribution < -0.4 is 0 Å². The zero-order valence-corrected chi connectivity index (χ0v) is 33.0. The van der Waals surface area contributed by atoms with Gasteiger partial charge in [-0.25, -0.2) is 0 Å². The number of halogens is 1. The summed E-state index contributed by atoms with van der Waals surface area (Å²) in [6.07, 6.45) is 9.30. The smallest absolute Gasteiger partial charge is 0.192 e. The van der Waals surface area contributed by atoms with E-state index in [1.165, 1.54) is 5.56 Å². The van der Waals surface area contributed by atoms with Crippen LogP contribution in [0.1, 0.15) is 113 Å². The molecule has 1 aromatic rings. The van der Waals surface area contributed by atoms with Gasteiger partial charge in [0.2, 0.25) is 0 Å². The molecule has 0 aromatic heterocycles. The van der Waals surface area contributed by atoms with Crippen molar-refractivity contribution in [2.24, 2.45) is 11.8 Å². The third-order valence-corrected chi connectivity index (χ3v) is 15.8. The van der Waals surface area contributed by atoms with Crippen LogP contribution in [0, 0.1) is 11.8 Å². The van der Waals surface area contributed by atoms with Gasteiger partial charge in [-0.05, 0) is 83.0 Å². The normalized spacial score (nSPS) is 26.3. The lowest BCUT2D eigenvalue weighted by molar-refractivity contribution is -0.0995. The summed E-state index contributed by atoms with van der Waals surface area (Å²) in [7, 11) is -1.80. The van der Waals surface area contributed by atoms with E-state index in [1.54, 1.807) is 0 Å². The van der Waals surface area contributed by atoms with Crippen LogP contribution in [0.5, 0.6) is 0 Å². The molecule has 1 aromatic carbocycles. The predicted molar refractivity (Wildman–Crippen MR) is 194 cm³/mol. The number of rotatable bonds is 18. The third-order valence-electron chi connectivity index (χ3n) is 9.93. The fourth-order valence-corrected chi connectivity index (χ4v) is 8.57. The first-order valence-electron chi connectivity index (χ1n) is 17.4. The molecule has 2 heterocycles. The maximum Gasteiger partial charge on any atom is 0.192 e. The average Bonchev–Trinajstić information content (AvgIpc) is 3.60. The number of hydrogen-bond donors (Lipinski definition) is 0. The molecule has 0 N–H and O–H groups in total. The number of hydrogen-bond acceptors (Lipinski definition) is 5. The average molecular weight is 745 g/mol. The zero-order valence-electron chi connectivity index (χ0n) is 29.9. The van der Waals surface area contributed by atoms with Crippen molar-refractivity contribution in [3.8, 4) is 0 Å². The molecule has 7 heteroatoms. The van der Waals surface area contributed by atoms with Gasteiger partial charge in [0, 0.05) is 21.9 Å². The quantitative estimate of drug-likeness (QED) is 0.0649. The number of alkyl halides is 1. The Bertz CT molecular complexity index is 961. The van der Waals surface area contributed by atoms with E-state index in [4.69, 9.17) is 23.4 Å². The molecule has 0 amide bonds. The zero-order chi connectivity index (χ0) is 32.7. The van der Waals surface area contributed by atoms with E-state index in [2.05, 4.69) is 122 Å². The second-order valence-electron chi connectivity index (χ2n) is 16.2. The molecule has 5 nitrogen and oxygen atoms in total. The first-order chi connectivity index (χ1) is 20.5. The minimum Gasteiger partial charge on any atom is -0.414 e. The van der Waals surface area contributed by atoms with Crippen LogP contribution in [0.3, 0.4) is 0 Å². The van der Waals surface area contributed by atoms with Crippen molar-refractivity contribution in [2.45, 2.75) is 178 Å². The van der Waals surface area contributed by atoms with Gasteiger partial charge in [-0.1, -0.05) is 101 Å². The Labute approximate surface area is 285 Å². The van der Waals surface area contributed by atoms with Gasteiger partial charge in [0.1, 0.15) is 0 Å². The van der Waals surface area contributed by atoms with E-state index in [0.717, 1.165) is 44.9 Å². The Balaban J connectivity index is 1.45. The summed E-state index contributed by atoms with van der Waals surface area (Å²) in [6.45, 7) is 26.4. The minimum absolute atomic E-state index is 0.154. The summed E-state index contributed by atoms with van der Waals surface area (Å²) >= 11 is 2.62. The summed E-state index contributed by atoms with van der Waals surface area (Å²) in [6, 6.07) is 10.4. The van der Waals surface area contributed by atoms with Crippen molar-refractivity contribution < 1.29 is 23.4 Å². The fraction of sp³-hybridized carbons (Fsp3) is 0.838. The molecule has 0 saturated carbocycles. The van der Waals surface area contributed by atoms with Gasteiger partial charge < -0.3 is 23.4 Å². The van der Waals surface area contributed by atoms with Crippen LogP contribution in [0.25, 0.3) is 0 Å². The fourth-order valence-electron chi connectivity index (χ4n) is 6.23. The van der Waals surface area contributed by atoms with Gasteiger partial charge in [-0.2, -0.15) is 0 Å². The van der Waals surface area contributed by atoms with Crippen molar-refractivity contribution in [2.75, 3.05) is 6.61 Å². The van der Waals surface area contributed by atoms with Gasteiger partial charge >= 0.3 is 0 Å². The molecule has 0 bridgehead atoms. The second-order valence-corrected chi connectivity index (χ2v) is 22.5. The van der Waals surface area contributed by atoms with Crippen molar-refractivity contribution in [3.05, 3.63) is 35.9 Å². The molecule has 9 atom stereocenters. The van der Waals surface area contributed by atoms with Crippen LogP contribution in [0.4, 0.5) is 0 Å². The van der Waals surface area contributed by atoms with Gasteiger partial charge in [-0.3, -0.25) is 0 Å². The molecule has 254 valence electrons. The van der Waals surface area contributed by atoms with Crippen molar-refractivity contribution in [1.29, 1.82) is 0 Å². The van der Waals surface area contributed by atoms with Crippen molar-refractivity contribution in [3.63, 3.8) is 0 Å². The Morgan fingerprint density at radius 2 is 1.61 bits per heavy atom. The van der Waals surface area contributed by atoms with Crippen LogP contribution in [0.15, 0.2) is 30.3 Å². The summed E-state index contributed by atoms with van der Waals surface area (Å²) in [5, 5.41) is 0.230. The molecule has 2 aliphatic rings. The SMILES string of the molecule is CCC[C@@H](C[C@@H]1CC[C@H]([C@@H](C)[C@@H]2O[C@H]2[C@H](I)CC[C@@H](OC(C)(C)C)[C@@H](C)COCc2ccccc2)O1)O[Si](C)(C)C(C)(C)C. The molecule has 0 aliphatic carbocycles. The highest BCUT2D eigenvalue weighted by atomic mass is 127. The van der Waals surface area contributed by atoms with Crippen molar-refractivity contribution in [1.82, 2.24) is 0 Å². The Morgan fingerprint density at radius 3 is 2.23 bits per heavy atom. The number of ether oxygens (including phenoxy) is 4. The summed E-state index contributed by atoms with van der Waals surface area (Å²) in [5.41, 5.74) is 1.03. The lowest BCUT2D eigenvalue weighted by Crippen LogP contribution is -2.44. The standard InChI is InChI=1S/C37H65IO5Si/c1-12-16-30(43-44(10,11)37(7,8)9)23-29-19-21-33(40-29)27(3)34-35(41-34)31(38)20-22-32(42-36(4,5)6)26(2)24-39-25-28-17-14-13-15-18-28/h13-15,17-18,26-27,29-35H,12,16,19-25H2,1-11H3/t26-,27+,29-,30-,31+,32+,33+,34-,35-/m0/s1. The van der Waals surface area contributed by atoms with Gasteiger partial charge in [0.15, 0.2) is 8.32 Å². The third kappa shape index (κ3) is 12.2. The maximum absolute atomic E-state index is 6.86. The van der Waals surface area contributed by atoms with Crippen molar-refractivity contribution >= 4 is 30.9 Å². The number of epoxide rings is 1. The van der Waals surface area contributed by atoms with E-state index >= 15 is 0 Å². The largest absolute Gasteiger partial charge is 0.414 e. The van der Waals surface area contributed by atoms with E-state index in [1.807, 2.05) is 6.07 Å². The molecular weight excluding hydrogens is 679 g/mol. The van der Waals surface area contributed by atoms with Gasteiger partial charge in [0.05, 0.1) is 49.3 Å². The Morgan fingerprint density at radius 1 is 0.932 bits per heavy atom. The summed E-state index contributed by atoms with van der Waals surface area (Å²) in [4.78, 5) is 0. The molecule has 0 radical (unpaired) electrons. The van der Waals surface area contributed by atoms with E-state index < -0.39 is 8.32 Å². The molecule has 44 heavy (non-hydrogen) atoms. The lowest BCUT2D eigenvalue weighted by Gasteiger charge is -2.40. The van der Waals surface area contributed by atoms with Crippen LogP contribution in [-0.2, 0) is 30.0 Å². The lowest BCUT2D eigenvalue weighted by atomic mass is 9.93. The Hall–Kier alpha value is -0.0331. The summed E-state index contributed by atoms with van der Waals surface area (Å²) < 4.78 is 33.0. The van der Waals surface area contributed by atoms with E-state index in [-0.39, 0.29) is 22.8 Å².